The monoisotopic (exact) mass is 762 g/mol. The van der Waals surface area contributed by atoms with E-state index in [0.717, 1.165) is 10.6 Å². The van der Waals surface area contributed by atoms with E-state index in [-0.39, 0.29) is 41.9 Å². The van der Waals surface area contributed by atoms with E-state index in [1.165, 1.54) is 0 Å². The molecule has 3 rings (SSSR count). The Labute approximate surface area is 318 Å². The molecule has 3 aliphatic heterocycles. The average molecular weight is 763 g/mol. The van der Waals surface area contributed by atoms with Gasteiger partial charge in [-0.25, -0.2) is 0 Å². The van der Waals surface area contributed by atoms with Gasteiger partial charge in [-0.15, -0.1) is 0 Å². The van der Waals surface area contributed by atoms with Crippen LogP contribution in [0.15, 0.2) is 0 Å². The molecule has 3 saturated heterocycles. The Morgan fingerprint density at radius 2 is 1.53 bits per heavy atom. The average Bonchev–Trinajstić information content (AvgIpc) is 3.05. The first-order chi connectivity index (χ1) is 23.4. The Hall–Kier alpha value is -0.396. The number of hydrogen-bond donors (Lipinski definition) is 2. The zero-order valence-corrected chi connectivity index (χ0v) is 36.0. The molecule has 0 radical (unpaired) electrons. The number of methoxy groups -OCH3 is 1. The molecule has 0 aromatic rings. The van der Waals surface area contributed by atoms with E-state index >= 15 is 0 Å². The minimum absolute atomic E-state index is 0.00517. The van der Waals surface area contributed by atoms with Gasteiger partial charge in [-0.2, -0.15) is 0 Å². The molecule has 2 N–H and O–H groups in total. The van der Waals surface area contributed by atoms with Crippen LogP contribution in [-0.4, -0.2) is 113 Å². The van der Waals surface area contributed by atoms with Crippen molar-refractivity contribution < 1.29 is 60.4 Å². The van der Waals surface area contributed by atoms with Crippen LogP contribution >= 0.6 is 0 Å². The number of ether oxygens (including phenoxy) is 6. The molecule has 51 heavy (non-hydrogen) atoms. The van der Waals surface area contributed by atoms with Gasteiger partial charge in [-0.1, -0.05) is 6.92 Å². The van der Waals surface area contributed by atoms with E-state index in [2.05, 4.69) is 70.6 Å². The molecule has 3 fully saturated rings. The third kappa shape index (κ3) is 9.89. The summed E-state index contributed by atoms with van der Waals surface area (Å²) in [6.07, 6.45) is -2.19. The van der Waals surface area contributed by atoms with E-state index in [4.69, 9.17) is 28.4 Å². The second kappa shape index (κ2) is 17.6. The van der Waals surface area contributed by atoms with Crippen LogP contribution in [-0.2, 0) is 50.2 Å². The Kier molecular flexibility index (Phi) is 15.5. The number of nitrogens with zero attached hydrogens (tertiary/aromatic N) is 1. The summed E-state index contributed by atoms with van der Waals surface area (Å²) in [6.45, 7) is 26.0. The quantitative estimate of drug-likeness (QED) is 0.311. The van der Waals surface area contributed by atoms with Gasteiger partial charge in [0.1, 0.15) is 0 Å². The standard InChI is InChI=1S/C40H73NO9.V/c1-17-31-38(10,11)34(42)23(3)18-22(2)20-39(12,44)35(50-37-25(5)30(41(14)15)19-24(4)46-37)26(6)33(27(7)36(43)48-31)49-32-21-40(13,45-16)28(8)29(9)47-32;/h22-35,37,42,44H,17,19-21H2,1-16H3;/t22-,23-,24+,25+,26-,27+,28-,29-,30-,31+,32?,33-,34+,35+,37-,39-,40+;/m0./s1. The van der Waals surface area contributed by atoms with Crippen molar-refractivity contribution in [3.8, 4) is 0 Å². The van der Waals surface area contributed by atoms with E-state index in [0.29, 0.717) is 19.3 Å². The van der Waals surface area contributed by atoms with Crippen LogP contribution in [0.25, 0.3) is 0 Å². The number of aliphatic hydroxyl groups excluding tert-OH is 1. The molecule has 0 bridgehead atoms. The third-order valence-electron chi connectivity index (χ3n) is 13.2. The van der Waals surface area contributed by atoms with Crippen molar-refractivity contribution in [3.05, 3.63) is 0 Å². The van der Waals surface area contributed by atoms with E-state index in [9.17, 15) is 15.0 Å². The maximum absolute atomic E-state index is 14.3. The van der Waals surface area contributed by atoms with E-state index in [1.807, 2.05) is 55.4 Å². The summed E-state index contributed by atoms with van der Waals surface area (Å²) in [5.41, 5.74) is -2.65. The molecule has 11 heteroatoms. The van der Waals surface area contributed by atoms with Crippen molar-refractivity contribution in [2.75, 3.05) is 21.2 Å². The van der Waals surface area contributed by atoms with Gasteiger partial charge in [0.2, 0.25) is 0 Å². The SMILES string of the molecule is CC[C@H]1OC(=O)[C@H](C)[C@@H](OC2C[C@@](C)(OC)[C@@H](C)[C@H](C)O2)[C@H](C)[C@@H](O[C@@H]2O[C@H](C)C[C@H](N(C)C)[C@H]2C)[C@@](C)(O)C[C@@H](C)[C](=[V])[C@H](C)[C@@H](O)C1(C)C. The number of hydrogen-bond acceptors (Lipinski definition) is 10. The first kappa shape index (κ1) is 45.0. The molecule has 0 aliphatic carbocycles. The summed E-state index contributed by atoms with van der Waals surface area (Å²) < 4.78 is 40.3. The fraction of sp³-hybridized carbons (Fsp3) is 0.950. The number of carbonyl (C=O) groups excluding carboxylic acids is 1. The summed E-state index contributed by atoms with van der Waals surface area (Å²) in [4.78, 5) is 16.5. The van der Waals surface area contributed by atoms with Crippen molar-refractivity contribution in [3.63, 3.8) is 0 Å². The van der Waals surface area contributed by atoms with Gasteiger partial charge in [0.25, 0.3) is 0 Å². The number of rotatable bonds is 7. The molecule has 297 valence electrons. The summed E-state index contributed by atoms with van der Waals surface area (Å²) in [5, 5.41) is 24.5. The molecular formula is C40H73NO9V. The van der Waals surface area contributed by atoms with E-state index < -0.39 is 71.4 Å². The van der Waals surface area contributed by atoms with Gasteiger partial charge in [0.15, 0.2) is 0 Å². The van der Waals surface area contributed by atoms with Gasteiger partial charge in [0.05, 0.1) is 0 Å². The van der Waals surface area contributed by atoms with Gasteiger partial charge in [-0.3, -0.25) is 0 Å². The van der Waals surface area contributed by atoms with Gasteiger partial charge in [-0.05, 0) is 0 Å². The second-order valence-corrected chi connectivity index (χ2v) is 18.6. The predicted octanol–water partition coefficient (Wildman–Crippen LogP) is 5.76. The Morgan fingerprint density at radius 1 is 0.922 bits per heavy atom. The summed E-state index contributed by atoms with van der Waals surface area (Å²) in [5.74, 6) is -1.92. The summed E-state index contributed by atoms with van der Waals surface area (Å²) in [6, 6.07) is 0.216. The Bertz CT molecular complexity index is 1170. The molecule has 0 aromatic carbocycles. The van der Waals surface area contributed by atoms with Gasteiger partial charge >= 0.3 is 306 Å². The number of aliphatic hydroxyl groups is 2. The predicted molar refractivity (Wildman–Crippen MR) is 196 cm³/mol. The second-order valence-electron chi connectivity index (χ2n) is 17.8. The van der Waals surface area contributed by atoms with Crippen LogP contribution in [0.3, 0.4) is 0 Å². The summed E-state index contributed by atoms with van der Waals surface area (Å²) >= 11 is 2.65. The minimum atomic E-state index is -1.39. The van der Waals surface area contributed by atoms with Crippen molar-refractivity contribution in [1.82, 2.24) is 4.90 Å². The molecule has 1 unspecified atom stereocenters. The first-order valence-corrected chi connectivity index (χ1v) is 20.1. The zero-order chi connectivity index (χ0) is 39.0. The van der Waals surface area contributed by atoms with Crippen LogP contribution in [0.2, 0.25) is 0 Å². The van der Waals surface area contributed by atoms with Crippen LogP contribution in [0.1, 0.15) is 116 Å². The molecular weight excluding hydrogens is 689 g/mol. The molecule has 0 spiro atoms. The van der Waals surface area contributed by atoms with Crippen molar-refractivity contribution in [2.45, 2.75) is 182 Å². The summed E-state index contributed by atoms with van der Waals surface area (Å²) in [7, 11) is 5.87. The van der Waals surface area contributed by atoms with Crippen molar-refractivity contribution in [1.29, 1.82) is 0 Å². The third-order valence-corrected chi connectivity index (χ3v) is 14.5. The van der Waals surface area contributed by atoms with Gasteiger partial charge in [0, 0.05) is 7.11 Å². The van der Waals surface area contributed by atoms with Crippen LogP contribution in [0.4, 0.5) is 0 Å². The molecule has 0 aromatic heterocycles. The molecule has 10 nitrogen and oxygen atoms in total. The zero-order valence-electron chi connectivity index (χ0n) is 34.6. The van der Waals surface area contributed by atoms with Crippen LogP contribution in [0, 0.1) is 40.9 Å². The fourth-order valence-electron chi connectivity index (χ4n) is 9.20. The van der Waals surface area contributed by atoms with Crippen molar-refractivity contribution >= 4 is 10.2 Å². The number of cyclic esters (lactones) is 1. The van der Waals surface area contributed by atoms with Crippen LogP contribution < -0.4 is 0 Å². The molecule has 0 amide bonds. The number of esters is 1. The number of carbonyl (C=O) groups is 1. The van der Waals surface area contributed by atoms with Crippen LogP contribution in [0.5, 0.6) is 0 Å². The Balaban J connectivity index is 2.18. The molecule has 17 atom stereocenters. The first-order valence-electron chi connectivity index (χ1n) is 19.4. The van der Waals surface area contributed by atoms with Crippen molar-refractivity contribution in [2.24, 2.45) is 40.9 Å². The normalized spacial score (nSPS) is 47.8. The molecule has 3 heterocycles. The van der Waals surface area contributed by atoms with Gasteiger partial charge < -0.3 is 0 Å². The molecule has 0 saturated carbocycles. The molecule has 3 aliphatic rings. The topological polar surface area (TPSA) is 116 Å². The Morgan fingerprint density at radius 3 is 2.08 bits per heavy atom. The van der Waals surface area contributed by atoms with E-state index in [1.54, 1.807) is 7.11 Å². The fourth-order valence-corrected chi connectivity index (χ4v) is 9.57. The maximum atomic E-state index is 14.3.